The first-order chi connectivity index (χ1) is 38.2. The minimum atomic E-state index is -3.19. The quantitative estimate of drug-likeness (QED) is 0.111. The van der Waals surface area contributed by atoms with Crippen LogP contribution in [0.25, 0.3) is 55.0 Å². The van der Waals surface area contributed by atoms with Crippen molar-refractivity contribution in [2.75, 3.05) is 0 Å². The summed E-state index contributed by atoms with van der Waals surface area (Å²) in [5.41, 5.74) is 16.2. The highest BCUT2D eigenvalue weighted by Crippen LogP contribution is 2.63. The summed E-state index contributed by atoms with van der Waals surface area (Å²) in [6.45, 7) is 0. The van der Waals surface area contributed by atoms with Crippen molar-refractivity contribution in [2.24, 2.45) is 0 Å². The maximum Gasteiger partial charge on any atom is 0.179 e. The molecule has 2 aliphatic rings. The van der Waals surface area contributed by atoms with Gasteiger partial charge in [-0.05, 0) is 102 Å². The zero-order valence-electron chi connectivity index (χ0n) is 42.3. The summed E-state index contributed by atoms with van der Waals surface area (Å²) in [6.07, 6.45) is 0. The highest BCUT2D eigenvalue weighted by Gasteiger charge is 2.56. The Morgan fingerprint density at radius 1 is 0.247 bits per heavy atom. The van der Waals surface area contributed by atoms with E-state index in [1.807, 2.05) is 0 Å². The Hall–Kier alpha value is -9.54. The van der Waals surface area contributed by atoms with E-state index in [0.717, 1.165) is 5.69 Å². The standard InChI is InChI=1S/C74H50N2Si/c1-6-25-51(26-7-1)73(52-27-8-2-9-28-52)62-38-18-20-40-64(62)74(65-41-21-19-39-63(65)73)66-47-45-57(50-71(66)76-69-44-23-16-35-58(69)60-37-24-42-67(74)72(60)76)77(54-31-12-4-13-32-54,55-33-14-5-15-34-55)56-46-48-70-61(49-56)59-36-17-22-43-68(59)75(70)53-29-10-3-11-30-53/h1-50H. The van der Waals surface area contributed by atoms with E-state index in [4.69, 9.17) is 0 Å². The van der Waals surface area contributed by atoms with Crippen LogP contribution in [0.3, 0.4) is 0 Å². The summed E-state index contributed by atoms with van der Waals surface area (Å²) >= 11 is 0. The SMILES string of the molecule is c1ccc(-n2c3ccccc3c3cc([Si](c4ccccc4)(c4ccccc4)c4ccc5c(c4)-n4c6ccccc6c6cccc(c64)C54c5ccccc5C(c5ccccc5)(c5ccccc5)c5ccccc54)ccc32)cc1. The van der Waals surface area contributed by atoms with Gasteiger partial charge in [-0.2, -0.15) is 0 Å². The van der Waals surface area contributed by atoms with E-state index < -0.39 is 18.9 Å². The van der Waals surface area contributed by atoms with Gasteiger partial charge in [-0.1, -0.05) is 267 Å². The van der Waals surface area contributed by atoms with E-state index in [-0.39, 0.29) is 0 Å². The first-order valence-electron chi connectivity index (χ1n) is 26.9. The van der Waals surface area contributed by atoms with Crippen molar-refractivity contribution in [3.8, 4) is 11.4 Å². The minimum Gasteiger partial charge on any atom is -0.309 e. The number of nitrogens with zero attached hydrogens (tertiary/aromatic N) is 2. The van der Waals surface area contributed by atoms with Crippen LogP contribution in [0.2, 0.25) is 0 Å². The molecule has 1 spiro atoms. The summed E-state index contributed by atoms with van der Waals surface area (Å²) in [6, 6.07) is 115. The Morgan fingerprint density at radius 2 is 0.662 bits per heavy atom. The topological polar surface area (TPSA) is 9.86 Å². The molecule has 2 nitrogen and oxygen atoms in total. The van der Waals surface area contributed by atoms with Crippen LogP contribution < -0.4 is 20.7 Å². The van der Waals surface area contributed by atoms with Gasteiger partial charge in [0.25, 0.3) is 0 Å². The first kappa shape index (κ1) is 43.8. The number of fused-ring (bicyclic) bond motifs is 14. The summed E-state index contributed by atoms with van der Waals surface area (Å²) in [5, 5.41) is 10.4. The molecule has 0 saturated carbocycles. The van der Waals surface area contributed by atoms with Gasteiger partial charge in [0.15, 0.2) is 8.07 Å². The van der Waals surface area contributed by atoms with E-state index >= 15 is 0 Å². The van der Waals surface area contributed by atoms with Crippen molar-refractivity contribution >= 4 is 72.4 Å². The number of hydrogen-bond donors (Lipinski definition) is 0. The van der Waals surface area contributed by atoms with Gasteiger partial charge in [0.05, 0.1) is 38.6 Å². The lowest BCUT2D eigenvalue weighted by molar-refractivity contribution is 0.610. The van der Waals surface area contributed by atoms with Gasteiger partial charge in [-0.25, -0.2) is 0 Å². The fourth-order valence-electron chi connectivity index (χ4n) is 14.7. The molecule has 0 fully saturated rings. The molecule has 14 aromatic rings. The van der Waals surface area contributed by atoms with Gasteiger partial charge >= 0.3 is 0 Å². The van der Waals surface area contributed by atoms with Crippen molar-refractivity contribution in [1.29, 1.82) is 0 Å². The maximum absolute atomic E-state index is 3.19. The molecule has 0 atom stereocenters. The molecule has 3 heteroatoms. The van der Waals surface area contributed by atoms with Crippen LogP contribution in [-0.4, -0.2) is 17.2 Å². The number of hydrogen-bond acceptors (Lipinski definition) is 0. The highest BCUT2D eigenvalue weighted by atomic mass is 28.3. The van der Waals surface area contributed by atoms with Crippen molar-refractivity contribution in [3.63, 3.8) is 0 Å². The Morgan fingerprint density at radius 3 is 1.25 bits per heavy atom. The zero-order chi connectivity index (χ0) is 50.7. The summed E-state index contributed by atoms with van der Waals surface area (Å²) < 4.78 is 5.07. The highest BCUT2D eigenvalue weighted by molar-refractivity contribution is 7.20. The normalized spacial score (nSPS) is 13.9. The molecular weight excluding hydrogens is 945 g/mol. The van der Waals surface area contributed by atoms with Gasteiger partial charge in [0, 0.05) is 27.2 Å². The van der Waals surface area contributed by atoms with Crippen molar-refractivity contribution in [1.82, 2.24) is 9.13 Å². The van der Waals surface area contributed by atoms with Crippen LogP contribution in [0.15, 0.2) is 303 Å². The van der Waals surface area contributed by atoms with E-state index in [1.165, 1.54) is 115 Å². The predicted molar refractivity (Wildman–Crippen MR) is 322 cm³/mol. The largest absolute Gasteiger partial charge is 0.309 e. The second-order valence-electron chi connectivity index (χ2n) is 21.0. The monoisotopic (exact) mass is 994 g/mol. The fourth-order valence-corrected chi connectivity index (χ4v) is 19.5. The van der Waals surface area contributed by atoms with E-state index in [0.29, 0.717) is 0 Å². The molecule has 3 heterocycles. The number of para-hydroxylation sites is 4. The van der Waals surface area contributed by atoms with Crippen LogP contribution >= 0.6 is 0 Å². The first-order valence-corrected chi connectivity index (χ1v) is 28.9. The smallest absolute Gasteiger partial charge is 0.179 e. The molecule has 2 aromatic heterocycles. The molecule has 0 amide bonds. The predicted octanol–water partition coefficient (Wildman–Crippen LogP) is 14.7. The van der Waals surface area contributed by atoms with Gasteiger partial charge < -0.3 is 9.13 Å². The summed E-state index contributed by atoms with van der Waals surface area (Å²) in [5.74, 6) is 0. The molecule has 1 aliphatic heterocycles. The molecule has 1 aliphatic carbocycles. The molecule has 360 valence electrons. The maximum atomic E-state index is 2.64. The Balaban J connectivity index is 1.06. The molecule has 77 heavy (non-hydrogen) atoms. The van der Waals surface area contributed by atoms with Crippen LogP contribution in [0.5, 0.6) is 0 Å². The number of benzene rings is 12. The van der Waals surface area contributed by atoms with Crippen molar-refractivity contribution < 1.29 is 0 Å². The molecule has 0 unspecified atom stereocenters. The van der Waals surface area contributed by atoms with Crippen LogP contribution in [0.1, 0.15) is 44.5 Å². The molecule has 12 aromatic carbocycles. The molecule has 0 N–H and O–H groups in total. The lowest BCUT2D eigenvalue weighted by Gasteiger charge is -2.52. The van der Waals surface area contributed by atoms with E-state index in [2.05, 4.69) is 312 Å². The van der Waals surface area contributed by atoms with E-state index in [9.17, 15) is 0 Å². The Kier molecular flexibility index (Phi) is 9.52. The van der Waals surface area contributed by atoms with Crippen molar-refractivity contribution in [2.45, 2.75) is 10.8 Å². The van der Waals surface area contributed by atoms with Gasteiger partial charge in [-0.3, -0.25) is 0 Å². The Labute approximate surface area is 449 Å². The molecule has 0 bridgehead atoms. The summed E-state index contributed by atoms with van der Waals surface area (Å²) in [7, 11) is -3.19. The van der Waals surface area contributed by atoms with Crippen LogP contribution in [0.4, 0.5) is 0 Å². The lowest BCUT2D eigenvalue weighted by atomic mass is 9.50. The van der Waals surface area contributed by atoms with E-state index in [1.54, 1.807) is 0 Å². The number of aromatic nitrogens is 2. The average Bonchev–Trinajstić information content (AvgIpc) is 4.25. The molecule has 0 saturated heterocycles. The number of rotatable bonds is 7. The second kappa shape index (κ2) is 16.7. The third-order valence-corrected chi connectivity index (χ3v) is 22.3. The van der Waals surface area contributed by atoms with Crippen molar-refractivity contribution in [3.05, 3.63) is 348 Å². The van der Waals surface area contributed by atoms with Crippen LogP contribution in [-0.2, 0) is 10.8 Å². The van der Waals surface area contributed by atoms with Gasteiger partial charge in [0.2, 0.25) is 0 Å². The molecular formula is C74H50N2Si. The Bertz CT molecular complexity index is 4490. The lowest BCUT2D eigenvalue weighted by Crippen LogP contribution is -2.74. The van der Waals surface area contributed by atoms with Crippen LogP contribution in [0, 0.1) is 0 Å². The zero-order valence-corrected chi connectivity index (χ0v) is 43.3. The third kappa shape index (κ3) is 5.79. The second-order valence-corrected chi connectivity index (χ2v) is 24.8. The van der Waals surface area contributed by atoms with Gasteiger partial charge in [0.1, 0.15) is 0 Å². The summed E-state index contributed by atoms with van der Waals surface area (Å²) in [4.78, 5) is 0. The fraction of sp³-hybridized carbons (Fsp3) is 0.0270. The molecule has 16 rings (SSSR count). The minimum absolute atomic E-state index is 0.607. The average molecular weight is 995 g/mol. The third-order valence-electron chi connectivity index (χ3n) is 17.6. The molecule has 0 radical (unpaired) electrons. The van der Waals surface area contributed by atoms with Gasteiger partial charge in [-0.15, -0.1) is 0 Å².